The highest BCUT2D eigenvalue weighted by atomic mass is 16.4. The van der Waals surface area contributed by atoms with Gasteiger partial charge in [0.15, 0.2) is 11.7 Å². The Morgan fingerprint density at radius 2 is 1.72 bits per heavy atom. The summed E-state index contributed by atoms with van der Waals surface area (Å²) in [5.74, 6) is 1.61. The number of nitrogens with two attached hydrogens (primary N) is 1. The summed E-state index contributed by atoms with van der Waals surface area (Å²) in [5, 5.41) is 0. The second kappa shape index (κ2) is 4.94. The van der Waals surface area contributed by atoms with E-state index < -0.39 is 0 Å². The Balaban J connectivity index is 2.55. The molecule has 2 rings (SSSR count). The van der Waals surface area contributed by atoms with Gasteiger partial charge in [-0.15, -0.1) is 0 Å². The monoisotopic (exact) mass is 244 g/mol. The summed E-state index contributed by atoms with van der Waals surface area (Å²) < 4.78 is 5.85. The molecular weight excluding hydrogens is 224 g/mol. The molecular formula is C15H20N2O. The second-order valence-electron chi connectivity index (χ2n) is 4.83. The Hall–Kier alpha value is -1.61. The Morgan fingerprint density at radius 3 is 2.28 bits per heavy atom. The molecule has 0 amide bonds. The number of hydrogen-bond acceptors (Lipinski definition) is 3. The van der Waals surface area contributed by atoms with Crippen LogP contribution >= 0.6 is 0 Å². The first kappa shape index (κ1) is 12.8. The predicted molar refractivity (Wildman–Crippen MR) is 73.6 cm³/mol. The van der Waals surface area contributed by atoms with Gasteiger partial charge in [-0.2, -0.15) is 0 Å². The van der Waals surface area contributed by atoms with Crippen molar-refractivity contribution in [2.75, 3.05) is 6.54 Å². The maximum Gasteiger partial charge on any atom is 0.196 e. The fourth-order valence-corrected chi connectivity index (χ4v) is 2.45. The van der Waals surface area contributed by atoms with Gasteiger partial charge in [0.25, 0.3) is 0 Å². The molecule has 0 unspecified atom stereocenters. The summed E-state index contributed by atoms with van der Waals surface area (Å²) in [7, 11) is 0. The van der Waals surface area contributed by atoms with E-state index in [9.17, 15) is 0 Å². The van der Waals surface area contributed by atoms with Crippen LogP contribution in [-0.2, 0) is 6.42 Å². The zero-order chi connectivity index (χ0) is 13.3. The molecule has 1 aromatic heterocycles. The van der Waals surface area contributed by atoms with Crippen LogP contribution < -0.4 is 5.73 Å². The van der Waals surface area contributed by atoms with Crippen LogP contribution in [0.5, 0.6) is 0 Å². The lowest BCUT2D eigenvalue weighted by Crippen LogP contribution is -2.02. The molecule has 0 spiro atoms. The SMILES string of the molecule is Cc1cc(C)c(-c2oc(CCN)nc2C)c(C)c1. The molecule has 2 N–H and O–H groups in total. The Labute approximate surface area is 108 Å². The number of oxazole rings is 1. The summed E-state index contributed by atoms with van der Waals surface area (Å²) in [6.07, 6.45) is 0.685. The zero-order valence-electron chi connectivity index (χ0n) is 11.5. The normalized spacial score (nSPS) is 10.9. The molecule has 1 aromatic carbocycles. The molecule has 0 atom stereocenters. The molecule has 3 heteroatoms. The van der Waals surface area contributed by atoms with Gasteiger partial charge < -0.3 is 10.2 Å². The lowest BCUT2D eigenvalue weighted by atomic mass is 9.97. The predicted octanol–water partition coefficient (Wildman–Crippen LogP) is 3.08. The molecule has 2 aromatic rings. The lowest BCUT2D eigenvalue weighted by molar-refractivity contribution is 0.507. The smallest absolute Gasteiger partial charge is 0.196 e. The van der Waals surface area contributed by atoms with Crippen molar-refractivity contribution in [1.29, 1.82) is 0 Å². The summed E-state index contributed by atoms with van der Waals surface area (Å²) in [6.45, 7) is 8.87. The van der Waals surface area contributed by atoms with Crippen molar-refractivity contribution in [3.63, 3.8) is 0 Å². The van der Waals surface area contributed by atoms with E-state index in [4.69, 9.17) is 10.2 Å². The third-order valence-electron chi connectivity index (χ3n) is 3.10. The van der Waals surface area contributed by atoms with Crippen molar-refractivity contribution < 1.29 is 4.42 Å². The van der Waals surface area contributed by atoms with Crippen LogP contribution in [0.15, 0.2) is 16.5 Å². The average Bonchev–Trinajstić information content (AvgIpc) is 2.59. The van der Waals surface area contributed by atoms with Gasteiger partial charge in [0.1, 0.15) is 0 Å². The van der Waals surface area contributed by atoms with E-state index in [-0.39, 0.29) is 0 Å². The molecule has 0 bridgehead atoms. The first-order valence-corrected chi connectivity index (χ1v) is 6.27. The number of nitrogens with zero attached hydrogens (tertiary/aromatic N) is 1. The molecule has 0 saturated heterocycles. The highest BCUT2D eigenvalue weighted by Gasteiger charge is 2.15. The van der Waals surface area contributed by atoms with Gasteiger partial charge >= 0.3 is 0 Å². The highest BCUT2D eigenvalue weighted by Crippen LogP contribution is 2.31. The highest BCUT2D eigenvalue weighted by molar-refractivity contribution is 5.68. The summed E-state index contributed by atoms with van der Waals surface area (Å²) >= 11 is 0. The molecule has 1 heterocycles. The van der Waals surface area contributed by atoms with Crippen LogP contribution in [0.4, 0.5) is 0 Å². The number of benzene rings is 1. The molecule has 0 aliphatic heterocycles. The van der Waals surface area contributed by atoms with E-state index in [0.717, 1.165) is 22.9 Å². The zero-order valence-corrected chi connectivity index (χ0v) is 11.5. The number of aromatic nitrogens is 1. The standard InChI is InChI=1S/C15H20N2O/c1-9-7-10(2)14(11(3)8-9)15-12(4)17-13(18-15)5-6-16/h7-8H,5-6,16H2,1-4H3. The Bertz CT molecular complexity index is 547. The average molecular weight is 244 g/mol. The third-order valence-corrected chi connectivity index (χ3v) is 3.10. The summed E-state index contributed by atoms with van der Waals surface area (Å²) in [6, 6.07) is 4.35. The van der Waals surface area contributed by atoms with Gasteiger partial charge in [-0.1, -0.05) is 17.7 Å². The first-order chi connectivity index (χ1) is 8.52. The maximum atomic E-state index is 5.85. The number of hydrogen-bond donors (Lipinski definition) is 1. The minimum absolute atomic E-state index is 0.561. The van der Waals surface area contributed by atoms with Crippen molar-refractivity contribution in [1.82, 2.24) is 4.98 Å². The van der Waals surface area contributed by atoms with E-state index in [1.54, 1.807) is 0 Å². The van der Waals surface area contributed by atoms with Gasteiger partial charge in [0.2, 0.25) is 0 Å². The van der Waals surface area contributed by atoms with Crippen LogP contribution in [0.2, 0.25) is 0 Å². The van der Waals surface area contributed by atoms with Gasteiger partial charge in [0.05, 0.1) is 5.69 Å². The number of aryl methyl sites for hydroxylation is 4. The summed E-state index contributed by atoms with van der Waals surface area (Å²) in [4.78, 5) is 4.43. The van der Waals surface area contributed by atoms with Crippen LogP contribution in [0.3, 0.4) is 0 Å². The van der Waals surface area contributed by atoms with Crippen molar-refractivity contribution in [3.05, 3.63) is 40.4 Å². The van der Waals surface area contributed by atoms with Crippen LogP contribution in [0.25, 0.3) is 11.3 Å². The molecule has 0 aliphatic carbocycles. The van der Waals surface area contributed by atoms with Crippen molar-refractivity contribution in [2.24, 2.45) is 5.73 Å². The minimum atomic E-state index is 0.561. The van der Waals surface area contributed by atoms with Gasteiger partial charge in [-0.3, -0.25) is 0 Å². The van der Waals surface area contributed by atoms with Crippen molar-refractivity contribution >= 4 is 0 Å². The molecule has 0 radical (unpaired) electrons. The lowest BCUT2D eigenvalue weighted by Gasteiger charge is -2.09. The fourth-order valence-electron chi connectivity index (χ4n) is 2.45. The topological polar surface area (TPSA) is 52.0 Å². The summed E-state index contributed by atoms with van der Waals surface area (Å²) in [5.41, 5.74) is 11.4. The minimum Gasteiger partial charge on any atom is -0.440 e. The van der Waals surface area contributed by atoms with Crippen molar-refractivity contribution in [2.45, 2.75) is 34.1 Å². The van der Waals surface area contributed by atoms with Gasteiger partial charge in [0, 0.05) is 18.5 Å². The largest absolute Gasteiger partial charge is 0.440 e. The second-order valence-corrected chi connectivity index (χ2v) is 4.83. The van der Waals surface area contributed by atoms with Gasteiger partial charge in [-0.05, 0) is 38.8 Å². The third kappa shape index (κ3) is 2.31. The van der Waals surface area contributed by atoms with E-state index in [0.29, 0.717) is 13.0 Å². The fraction of sp³-hybridized carbons (Fsp3) is 0.400. The van der Waals surface area contributed by atoms with E-state index in [1.807, 2.05) is 6.92 Å². The molecule has 0 fully saturated rings. The Morgan fingerprint density at radius 1 is 1.11 bits per heavy atom. The molecule has 96 valence electrons. The molecule has 18 heavy (non-hydrogen) atoms. The molecule has 0 aliphatic rings. The quantitative estimate of drug-likeness (QED) is 0.902. The van der Waals surface area contributed by atoms with Crippen LogP contribution in [0.1, 0.15) is 28.3 Å². The van der Waals surface area contributed by atoms with E-state index >= 15 is 0 Å². The van der Waals surface area contributed by atoms with Crippen LogP contribution in [0, 0.1) is 27.7 Å². The Kier molecular flexibility index (Phi) is 3.53. The first-order valence-electron chi connectivity index (χ1n) is 6.27. The van der Waals surface area contributed by atoms with Gasteiger partial charge in [-0.25, -0.2) is 4.98 Å². The van der Waals surface area contributed by atoms with E-state index in [1.165, 1.54) is 16.7 Å². The maximum absolute atomic E-state index is 5.85. The molecule has 3 nitrogen and oxygen atoms in total. The number of rotatable bonds is 3. The molecule has 0 saturated carbocycles. The van der Waals surface area contributed by atoms with E-state index in [2.05, 4.69) is 37.9 Å². The van der Waals surface area contributed by atoms with Crippen molar-refractivity contribution in [3.8, 4) is 11.3 Å². The van der Waals surface area contributed by atoms with Crippen LogP contribution in [-0.4, -0.2) is 11.5 Å².